The zero-order valence-corrected chi connectivity index (χ0v) is 9.53. The molecule has 1 aromatic heterocycles. The van der Waals surface area contributed by atoms with Gasteiger partial charge in [0.25, 0.3) is 0 Å². The number of hydrogen-bond donors (Lipinski definition) is 2. The summed E-state index contributed by atoms with van der Waals surface area (Å²) in [7, 11) is 0. The summed E-state index contributed by atoms with van der Waals surface area (Å²) in [6.45, 7) is 3.28. The molecule has 2 aromatic rings. The first-order valence-corrected chi connectivity index (χ1v) is 6.33. The van der Waals surface area contributed by atoms with E-state index in [1.807, 2.05) is 11.8 Å². The molecule has 3 rings (SSSR count). The maximum atomic E-state index is 3.53. The molecule has 0 amide bonds. The normalized spacial score (nSPS) is 21.3. The lowest BCUT2D eigenvalue weighted by Crippen LogP contribution is -2.12. The lowest BCUT2D eigenvalue weighted by molar-refractivity contribution is 0.751. The lowest BCUT2D eigenvalue weighted by Gasteiger charge is -2.09. The first-order chi connectivity index (χ1) is 7.36. The molecule has 1 fully saturated rings. The van der Waals surface area contributed by atoms with Gasteiger partial charge in [-0.15, -0.1) is 11.8 Å². The molecule has 3 heteroatoms. The number of aromatic amines is 1. The Bertz CT molecular complexity index is 483. The predicted octanol–water partition coefficient (Wildman–Crippen LogP) is 2.81. The van der Waals surface area contributed by atoms with Crippen LogP contribution in [0.3, 0.4) is 0 Å². The highest BCUT2D eigenvalue weighted by Crippen LogP contribution is 2.36. The van der Waals surface area contributed by atoms with Crippen LogP contribution in [-0.2, 0) is 0 Å². The van der Waals surface area contributed by atoms with E-state index in [0.717, 1.165) is 6.54 Å². The summed E-state index contributed by atoms with van der Waals surface area (Å²) >= 11 is 2.00. The zero-order chi connectivity index (χ0) is 10.3. The molecule has 2 nitrogen and oxygen atoms in total. The first kappa shape index (κ1) is 9.31. The lowest BCUT2D eigenvalue weighted by atomic mass is 10.1. The molecular weight excluding hydrogens is 204 g/mol. The van der Waals surface area contributed by atoms with Crippen LogP contribution in [0.25, 0.3) is 10.9 Å². The third-order valence-electron chi connectivity index (χ3n) is 2.92. The number of H-pyrrole nitrogens is 1. The van der Waals surface area contributed by atoms with Gasteiger partial charge >= 0.3 is 0 Å². The molecule has 1 unspecified atom stereocenters. The van der Waals surface area contributed by atoms with Gasteiger partial charge in [-0.25, -0.2) is 0 Å². The van der Waals surface area contributed by atoms with Crippen LogP contribution in [-0.4, -0.2) is 17.3 Å². The molecule has 1 saturated heterocycles. The van der Waals surface area contributed by atoms with E-state index in [2.05, 4.69) is 41.5 Å². The van der Waals surface area contributed by atoms with E-state index in [1.54, 1.807) is 0 Å². The van der Waals surface area contributed by atoms with E-state index < -0.39 is 0 Å². The number of hydrogen-bond acceptors (Lipinski definition) is 2. The van der Waals surface area contributed by atoms with Crippen LogP contribution < -0.4 is 5.32 Å². The van der Waals surface area contributed by atoms with Gasteiger partial charge < -0.3 is 10.3 Å². The maximum Gasteiger partial charge on any atom is 0.0813 e. The molecule has 0 spiro atoms. The Morgan fingerprint density at radius 3 is 3.00 bits per heavy atom. The molecule has 2 N–H and O–H groups in total. The highest BCUT2D eigenvalue weighted by Gasteiger charge is 2.21. The number of benzene rings is 1. The summed E-state index contributed by atoms with van der Waals surface area (Å²) in [4.78, 5) is 3.45. The van der Waals surface area contributed by atoms with Gasteiger partial charge in [0.2, 0.25) is 0 Å². The fourth-order valence-electron chi connectivity index (χ4n) is 2.25. The largest absolute Gasteiger partial charge is 0.358 e. The standard InChI is InChI=1S/C12H14N2S/c1-8-11(12-13-6-7-15-12)9-4-2-3-5-10(9)14-8/h2-5,12-14H,6-7H2,1H3. The van der Waals surface area contributed by atoms with Crippen LogP contribution in [0.4, 0.5) is 0 Å². The van der Waals surface area contributed by atoms with Crippen LogP contribution in [0.1, 0.15) is 16.6 Å². The van der Waals surface area contributed by atoms with Crippen molar-refractivity contribution in [2.45, 2.75) is 12.3 Å². The van der Waals surface area contributed by atoms with E-state index in [-0.39, 0.29) is 0 Å². The number of thioether (sulfide) groups is 1. The number of nitrogens with one attached hydrogen (secondary N) is 2. The Hall–Kier alpha value is -0.930. The van der Waals surface area contributed by atoms with E-state index in [4.69, 9.17) is 0 Å². The fraction of sp³-hybridized carbons (Fsp3) is 0.333. The van der Waals surface area contributed by atoms with Crippen molar-refractivity contribution >= 4 is 22.7 Å². The van der Waals surface area contributed by atoms with Crippen molar-refractivity contribution in [2.24, 2.45) is 0 Å². The molecule has 0 saturated carbocycles. The van der Waals surface area contributed by atoms with Crippen LogP contribution in [0.5, 0.6) is 0 Å². The van der Waals surface area contributed by atoms with Crippen molar-refractivity contribution in [3.05, 3.63) is 35.5 Å². The minimum Gasteiger partial charge on any atom is -0.358 e. The van der Waals surface area contributed by atoms with Crippen LogP contribution in [0.15, 0.2) is 24.3 Å². The van der Waals surface area contributed by atoms with Crippen molar-refractivity contribution in [3.63, 3.8) is 0 Å². The molecule has 0 aliphatic carbocycles. The van der Waals surface area contributed by atoms with E-state index in [0.29, 0.717) is 5.37 Å². The van der Waals surface area contributed by atoms with Gasteiger partial charge in [0.15, 0.2) is 0 Å². The topological polar surface area (TPSA) is 27.8 Å². The Morgan fingerprint density at radius 2 is 2.20 bits per heavy atom. The van der Waals surface area contributed by atoms with Gasteiger partial charge in [-0.1, -0.05) is 18.2 Å². The molecule has 1 aliphatic heterocycles. The van der Waals surface area contributed by atoms with Gasteiger partial charge in [-0.3, -0.25) is 0 Å². The van der Waals surface area contributed by atoms with Crippen LogP contribution in [0, 0.1) is 6.92 Å². The number of para-hydroxylation sites is 1. The summed E-state index contributed by atoms with van der Waals surface area (Å²) < 4.78 is 0. The van der Waals surface area contributed by atoms with E-state index in [1.165, 1.54) is 27.9 Å². The highest BCUT2D eigenvalue weighted by atomic mass is 32.2. The summed E-state index contributed by atoms with van der Waals surface area (Å²) in [6, 6.07) is 8.54. The second-order valence-electron chi connectivity index (χ2n) is 3.91. The van der Waals surface area contributed by atoms with Gasteiger partial charge in [-0.2, -0.15) is 0 Å². The minimum atomic E-state index is 0.473. The zero-order valence-electron chi connectivity index (χ0n) is 8.71. The highest BCUT2D eigenvalue weighted by molar-refractivity contribution is 7.99. The monoisotopic (exact) mass is 218 g/mol. The van der Waals surface area contributed by atoms with Gasteiger partial charge in [-0.05, 0) is 13.0 Å². The third kappa shape index (κ3) is 1.46. The molecule has 1 atom stereocenters. The summed E-state index contributed by atoms with van der Waals surface area (Å²) in [6.07, 6.45) is 0. The van der Waals surface area contributed by atoms with E-state index in [9.17, 15) is 0 Å². The van der Waals surface area contributed by atoms with Crippen LogP contribution in [0.2, 0.25) is 0 Å². The summed E-state index contributed by atoms with van der Waals surface area (Å²) in [5.74, 6) is 1.21. The number of aromatic nitrogens is 1. The number of fused-ring (bicyclic) bond motifs is 1. The quantitative estimate of drug-likeness (QED) is 0.770. The maximum absolute atomic E-state index is 3.53. The average Bonchev–Trinajstić information content (AvgIpc) is 2.82. The molecule has 2 heterocycles. The number of rotatable bonds is 1. The van der Waals surface area contributed by atoms with Crippen molar-refractivity contribution in [1.82, 2.24) is 10.3 Å². The van der Waals surface area contributed by atoms with Crippen molar-refractivity contribution < 1.29 is 0 Å². The first-order valence-electron chi connectivity index (χ1n) is 5.28. The molecule has 1 aliphatic rings. The molecule has 0 bridgehead atoms. The minimum absolute atomic E-state index is 0.473. The smallest absolute Gasteiger partial charge is 0.0813 e. The summed E-state index contributed by atoms with van der Waals surface area (Å²) in [5.41, 5.74) is 3.98. The molecule has 0 radical (unpaired) electrons. The number of aryl methyl sites for hydroxylation is 1. The fourth-order valence-corrected chi connectivity index (χ4v) is 3.42. The molecule has 78 valence electrons. The average molecular weight is 218 g/mol. The Balaban J connectivity index is 2.19. The molecule has 15 heavy (non-hydrogen) atoms. The van der Waals surface area contributed by atoms with E-state index >= 15 is 0 Å². The van der Waals surface area contributed by atoms with Crippen LogP contribution >= 0.6 is 11.8 Å². The van der Waals surface area contributed by atoms with Crippen molar-refractivity contribution in [3.8, 4) is 0 Å². The molecule has 1 aromatic carbocycles. The van der Waals surface area contributed by atoms with Gasteiger partial charge in [0.1, 0.15) is 0 Å². The Kier molecular flexibility index (Phi) is 2.22. The van der Waals surface area contributed by atoms with Crippen molar-refractivity contribution in [2.75, 3.05) is 12.3 Å². The third-order valence-corrected chi connectivity index (χ3v) is 4.10. The summed E-state index contributed by atoms with van der Waals surface area (Å²) in [5, 5.41) is 5.37. The predicted molar refractivity (Wildman–Crippen MR) is 66.2 cm³/mol. The second-order valence-corrected chi connectivity index (χ2v) is 5.13. The van der Waals surface area contributed by atoms with Gasteiger partial charge in [0, 0.05) is 34.5 Å². The van der Waals surface area contributed by atoms with Crippen molar-refractivity contribution in [1.29, 1.82) is 0 Å². The molecular formula is C12H14N2S. The van der Waals surface area contributed by atoms with Gasteiger partial charge in [0.05, 0.1) is 5.37 Å². The Morgan fingerprint density at radius 1 is 1.33 bits per heavy atom. The Labute approximate surface area is 93.4 Å². The SMILES string of the molecule is Cc1[nH]c2ccccc2c1C1NCCS1. The second kappa shape index (κ2) is 3.58.